The average molecular weight is 506 g/mol. The van der Waals surface area contributed by atoms with E-state index in [1.54, 1.807) is 6.92 Å². The third kappa shape index (κ3) is 23.2. The third-order valence-electron chi connectivity index (χ3n) is 2.57. The number of terminal acetylenes is 1. The Kier molecular flexibility index (Phi) is 17.5. The highest BCUT2D eigenvalue weighted by molar-refractivity contribution is 7.46. The van der Waals surface area contributed by atoms with Gasteiger partial charge in [0.2, 0.25) is 0 Å². The maximum absolute atomic E-state index is 11.8. The molecule has 9 heteroatoms. The van der Waals surface area contributed by atoms with Gasteiger partial charge in [0.25, 0.3) is 0 Å². The zero-order chi connectivity index (χ0) is 27.6. The summed E-state index contributed by atoms with van der Waals surface area (Å²) in [5.74, 6) is 45.9. The molecule has 0 aliphatic carbocycles. The first-order chi connectivity index (χ1) is 17.8. The van der Waals surface area contributed by atoms with Crippen molar-refractivity contribution in [1.82, 2.24) is 0 Å². The van der Waals surface area contributed by atoms with Crippen LogP contribution >= 0.6 is 7.82 Å². The van der Waals surface area contributed by atoms with Gasteiger partial charge in [0, 0.05) is 11.8 Å². The number of phosphoric acid groups is 1. The number of phosphoric ester groups is 1. The van der Waals surface area contributed by atoms with Crippen LogP contribution in [0.4, 0.5) is 0 Å². The first kappa shape index (κ1) is 31.2. The lowest BCUT2D eigenvalue weighted by atomic mass is 10.4. The molecule has 0 spiro atoms. The molecule has 0 rings (SSSR count). The zero-order valence-electron chi connectivity index (χ0n) is 18.9. The van der Waals surface area contributed by atoms with E-state index in [1.165, 1.54) is 0 Å². The molecule has 0 fully saturated rings. The maximum atomic E-state index is 11.8. The van der Waals surface area contributed by atoms with Crippen LogP contribution in [0.25, 0.3) is 0 Å². The standard InChI is InChI=1S/C28H11O8P/c1-3-5-7-9-11-12-13-14-15-17-18-20-22-27(29)34-24-26(25-35-37(31,32)33)36-28(30)23-21-19-16-10-8-6-4-2/h1,26H,24-25H2,2H3,(H2,31,32,33)/t26-/m1/s1. The molecule has 8 nitrogen and oxygen atoms in total. The molecule has 176 valence electrons. The molecule has 1 atom stereocenters. The molecule has 0 bridgehead atoms. The van der Waals surface area contributed by atoms with E-state index in [-0.39, 0.29) is 0 Å². The fourth-order valence-electron chi connectivity index (χ4n) is 1.35. The SMILES string of the molecule is C#CC#CC#CC#CC#CC#CC#CC(=O)OC[C@H](COP(=O)(O)O)OC(=O)C#CC#CC#CC#CC. The second kappa shape index (κ2) is 20.8. The van der Waals surface area contributed by atoms with Gasteiger partial charge in [-0.05, 0) is 113 Å². The van der Waals surface area contributed by atoms with Crippen molar-refractivity contribution in [2.45, 2.75) is 13.0 Å². The van der Waals surface area contributed by atoms with Gasteiger partial charge in [0.15, 0.2) is 6.10 Å². The number of ether oxygens (including phenoxy) is 2. The van der Waals surface area contributed by atoms with E-state index in [2.05, 4.69) is 117 Å². The normalized spacial score (nSPS) is 7.84. The summed E-state index contributed by atoms with van der Waals surface area (Å²) < 4.78 is 24.8. The molecular weight excluding hydrogens is 495 g/mol. The summed E-state index contributed by atoms with van der Waals surface area (Å²) in [6, 6.07) is 0. The predicted molar refractivity (Wildman–Crippen MR) is 131 cm³/mol. The van der Waals surface area contributed by atoms with Gasteiger partial charge in [-0.15, -0.1) is 6.42 Å². The van der Waals surface area contributed by atoms with Crippen molar-refractivity contribution in [3.63, 3.8) is 0 Å². The van der Waals surface area contributed by atoms with Crippen molar-refractivity contribution in [3.8, 4) is 131 Å². The summed E-state index contributed by atoms with van der Waals surface area (Å²) in [5, 5.41) is 0. The van der Waals surface area contributed by atoms with Crippen molar-refractivity contribution in [2.24, 2.45) is 0 Å². The zero-order valence-corrected chi connectivity index (χ0v) is 19.8. The lowest BCUT2D eigenvalue weighted by Gasteiger charge is -2.16. The number of carbonyl (C=O) groups is 2. The maximum Gasteiger partial charge on any atom is 0.469 e. The Balaban J connectivity index is 4.98. The first-order valence-electron chi connectivity index (χ1n) is 9.25. The van der Waals surface area contributed by atoms with Crippen molar-refractivity contribution < 1.29 is 37.9 Å². The van der Waals surface area contributed by atoms with Gasteiger partial charge in [0.05, 0.1) is 6.61 Å². The Bertz CT molecular complexity index is 1620. The largest absolute Gasteiger partial charge is 0.469 e. The van der Waals surface area contributed by atoms with Crippen LogP contribution in [0.1, 0.15) is 6.92 Å². The molecule has 0 heterocycles. The Morgan fingerprint density at radius 1 is 0.703 bits per heavy atom. The molecule has 0 radical (unpaired) electrons. The smallest absolute Gasteiger partial charge is 0.452 e. The lowest BCUT2D eigenvalue weighted by molar-refractivity contribution is -0.153. The number of rotatable bonds is 6. The molecule has 0 saturated heterocycles. The van der Waals surface area contributed by atoms with Gasteiger partial charge in [-0.25, -0.2) is 14.2 Å². The minimum Gasteiger partial charge on any atom is -0.452 e. The van der Waals surface area contributed by atoms with Crippen LogP contribution in [0, 0.1) is 131 Å². The van der Waals surface area contributed by atoms with Gasteiger partial charge in [-0.1, -0.05) is 5.92 Å². The Labute approximate surface area is 214 Å². The van der Waals surface area contributed by atoms with E-state index >= 15 is 0 Å². The second-order valence-corrected chi connectivity index (χ2v) is 6.42. The molecule has 0 unspecified atom stereocenters. The van der Waals surface area contributed by atoms with E-state index in [9.17, 15) is 14.2 Å². The van der Waals surface area contributed by atoms with Crippen LogP contribution in [-0.2, 0) is 28.2 Å². The molecule has 0 aromatic rings. The summed E-state index contributed by atoms with van der Waals surface area (Å²) in [7, 11) is -4.90. The van der Waals surface area contributed by atoms with E-state index in [0.29, 0.717) is 0 Å². The summed E-state index contributed by atoms with van der Waals surface area (Å²) in [6.45, 7) is 0.142. The van der Waals surface area contributed by atoms with E-state index in [0.717, 1.165) is 0 Å². The van der Waals surface area contributed by atoms with E-state index in [4.69, 9.17) is 25.7 Å². The second-order valence-electron chi connectivity index (χ2n) is 5.18. The molecule has 0 aromatic carbocycles. The molecule has 0 aliphatic heterocycles. The summed E-state index contributed by atoms with van der Waals surface area (Å²) in [5.41, 5.74) is 0. The first-order valence-corrected chi connectivity index (χ1v) is 10.8. The van der Waals surface area contributed by atoms with Crippen molar-refractivity contribution in [2.75, 3.05) is 13.2 Å². The number of carbonyl (C=O) groups excluding carboxylic acids is 2. The molecule has 0 saturated carbocycles. The molecule has 0 aliphatic rings. The average Bonchev–Trinajstić information content (AvgIpc) is 2.85. The topological polar surface area (TPSA) is 119 Å². The summed E-state index contributed by atoms with van der Waals surface area (Å²) >= 11 is 0. The highest BCUT2D eigenvalue weighted by atomic mass is 31.2. The fourth-order valence-corrected chi connectivity index (χ4v) is 1.71. The van der Waals surface area contributed by atoms with E-state index < -0.39 is 39.1 Å². The Hall–Kier alpha value is -5.79. The van der Waals surface area contributed by atoms with Crippen molar-refractivity contribution >= 4 is 19.8 Å². The van der Waals surface area contributed by atoms with Crippen LogP contribution in [0.2, 0.25) is 0 Å². The van der Waals surface area contributed by atoms with Gasteiger partial charge in [0.1, 0.15) is 6.61 Å². The van der Waals surface area contributed by atoms with Crippen LogP contribution in [0.15, 0.2) is 0 Å². The van der Waals surface area contributed by atoms with Gasteiger partial charge < -0.3 is 19.3 Å². The molecule has 0 amide bonds. The van der Waals surface area contributed by atoms with Crippen LogP contribution in [0.5, 0.6) is 0 Å². The lowest BCUT2D eigenvalue weighted by Crippen LogP contribution is -2.28. The van der Waals surface area contributed by atoms with Crippen LogP contribution < -0.4 is 0 Å². The third-order valence-corrected chi connectivity index (χ3v) is 3.05. The molecular formula is C28H11O8P. The Morgan fingerprint density at radius 2 is 1.14 bits per heavy atom. The highest BCUT2D eigenvalue weighted by Crippen LogP contribution is 2.35. The van der Waals surface area contributed by atoms with Crippen LogP contribution in [-0.4, -0.2) is 41.0 Å². The van der Waals surface area contributed by atoms with Crippen molar-refractivity contribution in [3.05, 3.63) is 0 Å². The molecule has 0 aromatic heterocycles. The summed E-state index contributed by atoms with van der Waals surface area (Å²) in [4.78, 5) is 41.1. The predicted octanol–water partition coefficient (Wildman–Crippen LogP) is -0.762. The minimum absolute atomic E-state index is 0.649. The monoisotopic (exact) mass is 506 g/mol. The number of hydrogen-bond donors (Lipinski definition) is 2. The van der Waals surface area contributed by atoms with Gasteiger partial charge >= 0.3 is 19.8 Å². The highest BCUT2D eigenvalue weighted by Gasteiger charge is 2.22. The molecule has 2 N–H and O–H groups in total. The number of hydrogen-bond acceptors (Lipinski definition) is 6. The van der Waals surface area contributed by atoms with Crippen LogP contribution in [0.3, 0.4) is 0 Å². The summed E-state index contributed by atoms with van der Waals surface area (Å²) in [6.07, 6.45) is 3.49. The van der Waals surface area contributed by atoms with Gasteiger partial charge in [-0.2, -0.15) is 0 Å². The number of esters is 2. The Morgan fingerprint density at radius 3 is 1.59 bits per heavy atom. The quantitative estimate of drug-likeness (QED) is 0.209. The van der Waals surface area contributed by atoms with Gasteiger partial charge in [-0.3, -0.25) is 4.52 Å². The minimum atomic E-state index is -4.90. The fraction of sp³-hybridized carbons (Fsp3) is 0.143. The molecule has 37 heavy (non-hydrogen) atoms. The van der Waals surface area contributed by atoms with E-state index in [1.807, 2.05) is 11.8 Å². The van der Waals surface area contributed by atoms with Crippen molar-refractivity contribution in [1.29, 1.82) is 0 Å².